The van der Waals surface area contributed by atoms with Crippen molar-refractivity contribution in [2.24, 2.45) is 5.41 Å². The summed E-state index contributed by atoms with van der Waals surface area (Å²) in [4.78, 5) is 15.3. The number of carbonyl (C=O) groups excluding carboxylic acids is 1. The molecular weight excluding hydrogens is 488 g/mol. The number of rotatable bonds is 8. The van der Waals surface area contributed by atoms with E-state index in [9.17, 15) is 17.8 Å². The minimum Gasteiger partial charge on any atom is -0.435 e. The summed E-state index contributed by atoms with van der Waals surface area (Å²) >= 11 is 0. The lowest BCUT2D eigenvalue weighted by Crippen LogP contribution is -2.58. The third kappa shape index (κ3) is 6.71. The van der Waals surface area contributed by atoms with E-state index in [2.05, 4.69) is 33.3 Å². The number of nitriles is 1. The molecule has 1 saturated carbocycles. The van der Waals surface area contributed by atoms with Gasteiger partial charge in [-0.15, -0.1) is 0 Å². The second kappa shape index (κ2) is 11.2. The minimum atomic E-state index is -2.96. The smallest absolute Gasteiger partial charge is 0.387 e. The van der Waals surface area contributed by atoms with Gasteiger partial charge in [-0.25, -0.2) is 0 Å². The van der Waals surface area contributed by atoms with Gasteiger partial charge >= 0.3 is 6.61 Å². The molecule has 0 atom stereocenters. The van der Waals surface area contributed by atoms with E-state index >= 15 is 0 Å². The summed E-state index contributed by atoms with van der Waals surface area (Å²) in [7, 11) is 1.39. The zero-order valence-electron chi connectivity index (χ0n) is 20.3. The lowest BCUT2D eigenvalue weighted by molar-refractivity contribution is -0.0498. The number of nitrogens with one attached hydrogen (secondary N) is 3. The Morgan fingerprint density at radius 1 is 1.33 bits per heavy atom. The summed E-state index contributed by atoms with van der Waals surface area (Å²) in [5.41, 5.74) is 1.26. The van der Waals surface area contributed by atoms with Gasteiger partial charge in [0.1, 0.15) is 11.4 Å². The molecule has 1 aromatic heterocycles. The fourth-order valence-corrected chi connectivity index (χ4v) is 5.70. The van der Waals surface area contributed by atoms with Gasteiger partial charge in [0.05, 0.1) is 22.9 Å². The van der Waals surface area contributed by atoms with Crippen LogP contribution in [0.3, 0.4) is 0 Å². The Hall–Kier alpha value is -3.23. The number of hydrogen-bond donors (Lipinski definition) is 3. The highest BCUT2D eigenvalue weighted by atomic mass is 32.2. The molecule has 0 amide bonds. The summed E-state index contributed by atoms with van der Waals surface area (Å²) < 4.78 is 39.8. The highest BCUT2D eigenvalue weighted by Crippen LogP contribution is 2.41. The van der Waals surface area contributed by atoms with Crippen LogP contribution in [0.4, 0.5) is 14.5 Å². The average Bonchev–Trinajstić information content (AvgIpc) is 2.81. The number of anilines is 1. The Labute approximate surface area is 211 Å². The molecule has 1 aliphatic carbocycles. The van der Waals surface area contributed by atoms with Crippen LogP contribution in [0.25, 0.3) is 0 Å². The number of nitrogens with zero attached hydrogens (tertiary/aromatic N) is 2. The van der Waals surface area contributed by atoms with Crippen molar-refractivity contribution in [3.63, 3.8) is 0 Å². The molecule has 2 heterocycles. The van der Waals surface area contributed by atoms with Crippen LogP contribution in [0.1, 0.15) is 48.3 Å². The molecule has 0 unspecified atom stereocenters. The van der Waals surface area contributed by atoms with Crippen LogP contribution >= 0.6 is 0 Å². The lowest BCUT2D eigenvalue weighted by Gasteiger charge is -2.41. The molecule has 1 aromatic carbocycles. The van der Waals surface area contributed by atoms with E-state index < -0.39 is 17.4 Å². The van der Waals surface area contributed by atoms with Gasteiger partial charge in [0.2, 0.25) is 0 Å². The highest BCUT2D eigenvalue weighted by molar-refractivity contribution is 7.86. The van der Waals surface area contributed by atoms with Crippen LogP contribution in [0.5, 0.6) is 5.75 Å². The van der Waals surface area contributed by atoms with Gasteiger partial charge in [0.25, 0.3) is 0 Å². The van der Waals surface area contributed by atoms with E-state index in [-0.39, 0.29) is 34.2 Å². The zero-order valence-corrected chi connectivity index (χ0v) is 21.1. The topological polar surface area (TPSA) is 128 Å². The Kier molecular flexibility index (Phi) is 8.53. The van der Waals surface area contributed by atoms with Crippen molar-refractivity contribution in [3.8, 4) is 11.8 Å². The summed E-state index contributed by atoms with van der Waals surface area (Å²) in [5.74, 6) is 1.59. The molecule has 0 radical (unpaired) electrons. The second-order valence-electron chi connectivity index (χ2n) is 9.53. The maximum Gasteiger partial charge on any atom is 0.387 e. The fourth-order valence-electron chi connectivity index (χ4n) is 4.07. The van der Waals surface area contributed by atoms with Gasteiger partial charge in [-0.3, -0.25) is 19.4 Å². The summed E-state index contributed by atoms with van der Waals surface area (Å²) in [6.07, 6.45) is 3.28. The molecule has 2 fully saturated rings. The molecule has 192 valence electrons. The Morgan fingerprint density at radius 2 is 2.03 bits per heavy atom. The van der Waals surface area contributed by atoms with E-state index in [1.807, 2.05) is 14.0 Å². The van der Waals surface area contributed by atoms with Crippen molar-refractivity contribution >= 4 is 28.5 Å². The third-order valence-electron chi connectivity index (χ3n) is 6.22. The highest BCUT2D eigenvalue weighted by Gasteiger charge is 2.41. The summed E-state index contributed by atoms with van der Waals surface area (Å²) in [6, 6.07) is 9.70. The first-order chi connectivity index (χ1) is 17.0. The molecule has 2 aliphatic rings. The minimum absolute atomic E-state index is 0.00188. The van der Waals surface area contributed by atoms with E-state index in [1.54, 1.807) is 12.1 Å². The van der Waals surface area contributed by atoms with Gasteiger partial charge in [0.15, 0.2) is 6.29 Å². The van der Waals surface area contributed by atoms with Gasteiger partial charge in [0, 0.05) is 51.2 Å². The molecule has 11 heteroatoms. The standard InChI is InChI=1S/C20H18F2N4O2.C5H11NOS/c1-20(11-23)7-14(8-20)26-16-5-12(10-27)9-25-18(16)17(24)13-3-2-4-15(6-13)28-19(21)22;1-5(6-2)3-8(7)4-5/h2-6,9-10,14,19,24,26H,7-8H2,1H3;6H,3-4H2,1-2H3. The zero-order chi connectivity index (χ0) is 26.5. The maximum absolute atomic E-state index is 12.5. The summed E-state index contributed by atoms with van der Waals surface area (Å²) in [5, 5.41) is 24.0. The first-order valence-electron chi connectivity index (χ1n) is 11.3. The second-order valence-corrected chi connectivity index (χ2v) is 11.0. The first kappa shape index (κ1) is 27.4. The van der Waals surface area contributed by atoms with Crippen molar-refractivity contribution in [2.75, 3.05) is 23.9 Å². The predicted molar refractivity (Wildman–Crippen MR) is 134 cm³/mol. The molecule has 36 heavy (non-hydrogen) atoms. The van der Waals surface area contributed by atoms with Gasteiger partial charge in [-0.05, 0) is 51.9 Å². The molecule has 4 rings (SSSR count). The number of carbonyl (C=O) groups is 1. The van der Waals surface area contributed by atoms with Crippen LogP contribution in [0.15, 0.2) is 36.5 Å². The van der Waals surface area contributed by atoms with Gasteiger partial charge < -0.3 is 15.4 Å². The molecule has 2 aromatic rings. The number of ether oxygens (including phenoxy) is 1. The normalized spacial score (nSPS) is 26.4. The molecular formula is C25H29F2N5O3S. The van der Waals surface area contributed by atoms with Crippen LogP contribution in [0, 0.1) is 22.2 Å². The van der Waals surface area contributed by atoms with E-state index in [4.69, 9.17) is 10.7 Å². The van der Waals surface area contributed by atoms with Gasteiger partial charge in [-0.2, -0.15) is 14.0 Å². The van der Waals surface area contributed by atoms with Crippen molar-refractivity contribution < 1.29 is 22.5 Å². The Balaban J connectivity index is 0.000000383. The van der Waals surface area contributed by atoms with Crippen LogP contribution in [-0.4, -0.2) is 57.9 Å². The Morgan fingerprint density at radius 3 is 2.56 bits per heavy atom. The average molecular weight is 518 g/mol. The van der Waals surface area contributed by atoms with E-state index in [0.717, 1.165) is 11.5 Å². The predicted octanol–water partition coefficient (Wildman–Crippen LogP) is 3.74. The number of halogens is 2. The van der Waals surface area contributed by atoms with Crippen LogP contribution in [-0.2, 0) is 10.8 Å². The number of pyridine rings is 1. The van der Waals surface area contributed by atoms with E-state index in [0.29, 0.717) is 35.9 Å². The van der Waals surface area contributed by atoms with Crippen molar-refractivity contribution in [1.82, 2.24) is 10.3 Å². The van der Waals surface area contributed by atoms with E-state index in [1.165, 1.54) is 24.4 Å². The SMILES string of the molecule is CC1(C#N)CC(Nc2cc(C=O)cnc2C(=N)c2cccc(OC(F)F)c2)C1.CNC1(C)CS(=O)C1. The van der Waals surface area contributed by atoms with Crippen molar-refractivity contribution in [2.45, 2.75) is 44.9 Å². The molecule has 1 aliphatic heterocycles. The Bertz CT molecular complexity index is 1190. The summed E-state index contributed by atoms with van der Waals surface area (Å²) in [6.45, 7) is 1.01. The van der Waals surface area contributed by atoms with Crippen LogP contribution in [0.2, 0.25) is 0 Å². The number of hydrogen-bond acceptors (Lipinski definition) is 8. The first-order valence-corrected chi connectivity index (χ1v) is 12.8. The number of aromatic nitrogens is 1. The van der Waals surface area contributed by atoms with Gasteiger partial charge in [-0.1, -0.05) is 12.1 Å². The molecule has 8 nitrogen and oxygen atoms in total. The number of benzene rings is 1. The third-order valence-corrected chi connectivity index (χ3v) is 8.13. The quantitative estimate of drug-likeness (QED) is 0.359. The number of aldehydes is 1. The van der Waals surface area contributed by atoms with Crippen LogP contribution < -0.4 is 15.4 Å². The van der Waals surface area contributed by atoms with Crippen molar-refractivity contribution in [1.29, 1.82) is 10.7 Å². The molecule has 1 saturated heterocycles. The largest absolute Gasteiger partial charge is 0.435 e. The molecule has 0 bridgehead atoms. The fraction of sp³-hybridized carbons (Fsp3) is 0.440. The molecule has 3 N–H and O–H groups in total. The lowest BCUT2D eigenvalue weighted by atomic mass is 9.68. The monoisotopic (exact) mass is 517 g/mol. The maximum atomic E-state index is 12.5. The number of alkyl halides is 2. The van der Waals surface area contributed by atoms with Crippen molar-refractivity contribution in [3.05, 3.63) is 53.3 Å². The molecule has 0 spiro atoms.